The highest BCUT2D eigenvalue weighted by Gasteiger charge is 2.10. The maximum atomic E-state index is 12.2. The normalized spacial score (nSPS) is 10.9. The van der Waals surface area contributed by atoms with Gasteiger partial charge in [-0.15, -0.1) is 11.3 Å². The molecule has 1 aromatic heterocycles. The molecule has 3 rings (SSSR count). The summed E-state index contributed by atoms with van der Waals surface area (Å²) in [5.74, 6) is 0.314. The van der Waals surface area contributed by atoms with Crippen LogP contribution in [0.25, 0.3) is 10.2 Å². The quantitative estimate of drug-likeness (QED) is 0.549. The monoisotopic (exact) mass is 343 g/mol. The lowest BCUT2D eigenvalue weighted by atomic mass is 10.1. The zero-order chi connectivity index (χ0) is 16.4. The Labute approximate surface area is 143 Å². The first-order valence-corrected chi connectivity index (χ1v) is 8.98. The molecule has 0 fully saturated rings. The van der Waals surface area contributed by atoms with Crippen LogP contribution < -0.4 is 11.1 Å². The van der Waals surface area contributed by atoms with E-state index in [9.17, 15) is 4.79 Å². The number of carbonyl (C=O) groups excluding carboxylic acids is 1. The van der Waals surface area contributed by atoms with Gasteiger partial charge >= 0.3 is 0 Å². The first-order valence-electron chi connectivity index (χ1n) is 7.18. The summed E-state index contributed by atoms with van der Waals surface area (Å²) in [5.41, 5.74) is 10.5. The van der Waals surface area contributed by atoms with Gasteiger partial charge in [0.05, 0.1) is 16.0 Å². The average Bonchev–Trinajstić information content (AvgIpc) is 2.91. The van der Waals surface area contributed by atoms with Crippen LogP contribution in [-0.4, -0.2) is 16.6 Å². The molecular weight excluding hydrogens is 326 g/mol. The molecule has 1 amide bonds. The zero-order valence-electron chi connectivity index (χ0n) is 12.9. The Morgan fingerprint density at radius 1 is 1.26 bits per heavy atom. The van der Waals surface area contributed by atoms with Gasteiger partial charge in [0.15, 0.2) is 4.34 Å². The maximum absolute atomic E-state index is 12.2. The number of para-hydroxylation sites is 1. The van der Waals surface area contributed by atoms with Crippen molar-refractivity contribution in [2.24, 2.45) is 0 Å². The van der Waals surface area contributed by atoms with Gasteiger partial charge < -0.3 is 11.1 Å². The first kappa shape index (κ1) is 15.8. The summed E-state index contributed by atoms with van der Waals surface area (Å²) in [6.45, 7) is 3.99. The Balaban J connectivity index is 1.66. The smallest absolute Gasteiger partial charge is 0.234 e. The minimum atomic E-state index is -0.0221. The van der Waals surface area contributed by atoms with Crippen molar-refractivity contribution in [3.63, 3.8) is 0 Å². The number of nitrogens with two attached hydrogens (primary N) is 1. The second kappa shape index (κ2) is 6.60. The van der Waals surface area contributed by atoms with Gasteiger partial charge in [0, 0.05) is 11.4 Å². The van der Waals surface area contributed by atoms with Crippen molar-refractivity contribution in [2.75, 3.05) is 16.8 Å². The molecule has 4 nitrogen and oxygen atoms in total. The number of aromatic nitrogens is 1. The summed E-state index contributed by atoms with van der Waals surface area (Å²) < 4.78 is 1.92. The number of hydrogen-bond donors (Lipinski definition) is 2. The third-order valence-corrected chi connectivity index (χ3v) is 5.63. The number of aryl methyl sites for hydroxylation is 2. The highest BCUT2D eigenvalue weighted by atomic mass is 32.2. The molecule has 0 aliphatic carbocycles. The van der Waals surface area contributed by atoms with Gasteiger partial charge in [-0.2, -0.15) is 0 Å². The fourth-order valence-electron chi connectivity index (χ4n) is 2.30. The van der Waals surface area contributed by atoms with E-state index >= 15 is 0 Å². The van der Waals surface area contributed by atoms with E-state index in [0.717, 1.165) is 37.1 Å². The molecule has 2 aromatic carbocycles. The fourth-order valence-corrected chi connectivity index (χ4v) is 4.21. The molecule has 23 heavy (non-hydrogen) atoms. The Morgan fingerprint density at radius 2 is 2.00 bits per heavy atom. The van der Waals surface area contributed by atoms with E-state index in [0.29, 0.717) is 5.75 Å². The fraction of sp³-hybridized carbons (Fsp3) is 0.176. The first-order chi connectivity index (χ1) is 11.0. The van der Waals surface area contributed by atoms with Crippen molar-refractivity contribution >= 4 is 50.6 Å². The molecule has 0 saturated heterocycles. The van der Waals surface area contributed by atoms with Crippen molar-refractivity contribution in [3.8, 4) is 0 Å². The lowest BCUT2D eigenvalue weighted by molar-refractivity contribution is -0.113. The van der Waals surface area contributed by atoms with Gasteiger partial charge in [0.25, 0.3) is 0 Å². The van der Waals surface area contributed by atoms with E-state index in [1.165, 1.54) is 11.8 Å². The predicted octanol–water partition coefficient (Wildman–Crippen LogP) is 4.23. The molecule has 0 spiro atoms. The molecule has 6 heteroatoms. The van der Waals surface area contributed by atoms with Crippen molar-refractivity contribution < 1.29 is 4.79 Å². The van der Waals surface area contributed by atoms with E-state index in [2.05, 4.69) is 10.3 Å². The molecule has 0 atom stereocenters. The van der Waals surface area contributed by atoms with Crippen LogP contribution in [0.4, 0.5) is 11.4 Å². The van der Waals surface area contributed by atoms with Gasteiger partial charge in [-0.05, 0) is 43.2 Å². The highest BCUT2D eigenvalue weighted by molar-refractivity contribution is 8.01. The lowest BCUT2D eigenvalue weighted by Gasteiger charge is -2.10. The van der Waals surface area contributed by atoms with Gasteiger partial charge in [-0.1, -0.05) is 30.0 Å². The molecule has 0 unspecified atom stereocenters. The van der Waals surface area contributed by atoms with Crippen LogP contribution in [0.15, 0.2) is 40.7 Å². The number of nitrogens with one attached hydrogen (secondary N) is 1. The van der Waals surface area contributed by atoms with Crippen LogP contribution in [0.1, 0.15) is 11.1 Å². The second-order valence-electron chi connectivity index (χ2n) is 5.31. The third-order valence-electron chi connectivity index (χ3n) is 3.47. The van der Waals surface area contributed by atoms with Gasteiger partial charge in [0.1, 0.15) is 0 Å². The van der Waals surface area contributed by atoms with Gasteiger partial charge in [0.2, 0.25) is 5.91 Å². The SMILES string of the molecule is Cc1cccc(C)c1NC(=O)CSc1nc2ccc(N)cc2s1. The van der Waals surface area contributed by atoms with Crippen LogP contribution >= 0.6 is 23.1 Å². The molecule has 0 radical (unpaired) electrons. The molecular formula is C17H17N3OS2. The predicted molar refractivity (Wildman–Crippen MR) is 99.3 cm³/mol. The second-order valence-corrected chi connectivity index (χ2v) is 7.56. The van der Waals surface area contributed by atoms with Crippen molar-refractivity contribution in [1.82, 2.24) is 4.98 Å². The molecule has 0 aliphatic rings. The summed E-state index contributed by atoms with van der Waals surface area (Å²) in [6, 6.07) is 11.6. The number of rotatable bonds is 4. The maximum Gasteiger partial charge on any atom is 0.234 e. The number of fused-ring (bicyclic) bond motifs is 1. The van der Waals surface area contributed by atoms with Crippen molar-refractivity contribution in [1.29, 1.82) is 0 Å². The van der Waals surface area contributed by atoms with E-state index in [1.54, 1.807) is 11.3 Å². The molecule has 3 N–H and O–H groups in total. The summed E-state index contributed by atoms with van der Waals surface area (Å²) in [5, 5.41) is 2.99. The summed E-state index contributed by atoms with van der Waals surface area (Å²) in [6.07, 6.45) is 0. The lowest BCUT2D eigenvalue weighted by Crippen LogP contribution is -2.15. The van der Waals surface area contributed by atoms with E-state index in [1.807, 2.05) is 50.2 Å². The zero-order valence-corrected chi connectivity index (χ0v) is 14.6. The molecule has 1 heterocycles. The van der Waals surface area contributed by atoms with Gasteiger partial charge in [-0.25, -0.2) is 4.98 Å². The van der Waals surface area contributed by atoms with E-state index in [-0.39, 0.29) is 5.91 Å². The third kappa shape index (κ3) is 3.65. The van der Waals surface area contributed by atoms with E-state index in [4.69, 9.17) is 5.73 Å². The number of nitrogens with zero attached hydrogens (tertiary/aromatic N) is 1. The Kier molecular flexibility index (Phi) is 4.54. The van der Waals surface area contributed by atoms with Gasteiger partial charge in [-0.3, -0.25) is 4.79 Å². The molecule has 118 valence electrons. The highest BCUT2D eigenvalue weighted by Crippen LogP contribution is 2.30. The standard InChI is InChI=1S/C17H17N3OS2/c1-10-4-3-5-11(2)16(10)20-15(21)9-22-17-19-13-7-6-12(18)8-14(13)23-17/h3-8H,9,18H2,1-2H3,(H,20,21). The number of hydrogen-bond acceptors (Lipinski definition) is 5. The van der Waals surface area contributed by atoms with Crippen LogP contribution in [0.3, 0.4) is 0 Å². The number of thioether (sulfide) groups is 1. The van der Waals surface area contributed by atoms with Crippen LogP contribution in [0.2, 0.25) is 0 Å². The van der Waals surface area contributed by atoms with Crippen LogP contribution in [0, 0.1) is 13.8 Å². The molecule has 0 saturated carbocycles. The Bertz CT molecular complexity index is 853. The minimum Gasteiger partial charge on any atom is -0.399 e. The number of nitrogen functional groups attached to an aromatic ring is 1. The average molecular weight is 343 g/mol. The molecule has 0 aliphatic heterocycles. The van der Waals surface area contributed by atoms with E-state index < -0.39 is 0 Å². The topological polar surface area (TPSA) is 68.0 Å². The number of benzene rings is 2. The summed E-state index contributed by atoms with van der Waals surface area (Å²) in [4.78, 5) is 16.7. The number of anilines is 2. The van der Waals surface area contributed by atoms with Crippen LogP contribution in [0.5, 0.6) is 0 Å². The number of carbonyl (C=O) groups is 1. The largest absolute Gasteiger partial charge is 0.399 e. The van der Waals surface area contributed by atoms with Crippen molar-refractivity contribution in [3.05, 3.63) is 47.5 Å². The Morgan fingerprint density at radius 3 is 2.74 bits per heavy atom. The number of thiazole rings is 1. The summed E-state index contributed by atoms with van der Waals surface area (Å²) >= 11 is 3.00. The minimum absolute atomic E-state index is 0.0221. The molecule has 0 bridgehead atoms. The van der Waals surface area contributed by atoms with Crippen LogP contribution in [-0.2, 0) is 4.79 Å². The van der Waals surface area contributed by atoms with Crippen molar-refractivity contribution in [2.45, 2.75) is 18.2 Å². The Hall–Kier alpha value is -2.05. The summed E-state index contributed by atoms with van der Waals surface area (Å²) in [7, 11) is 0. The number of amides is 1. The molecule has 3 aromatic rings.